The number of fused-ring (bicyclic) bond motifs is 1. The fourth-order valence-corrected chi connectivity index (χ4v) is 4.52. The van der Waals surface area contributed by atoms with E-state index in [1.54, 1.807) is 49.2 Å². The zero-order valence-electron chi connectivity index (χ0n) is 21.1. The third-order valence-corrected chi connectivity index (χ3v) is 6.83. The van der Waals surface area contributed by atoms with Gasteiger partial charge >= 0.3 is 0 Å². The summed E-state index contributed by atoms with van der Waals surface area (Å²) in [6.07, 6.45) is 3.63. The number of hydrogen-bond donors (Lipinski definition) is 3. The van der Waals surface area contributed by atoms with Gasteiger partial charge in [0.2, 0.25) is 11.9 Å². The van der Waals surface area contributed by atoms with E-state index in [4.69, 9.17) is 16.0 Å². The molecule has 202 valence electrons. The summed E-state index contributed by atoms with van der Waals surface area (Å²) in [5, 5.41) is 19.6. The fourth-order valence-electron chi connectivity index (χ4n) is 4.33. The first kappa shape index (κ1) is 26.3. The molecule has 1 aliphatic heterocycles. The Morgan fingerprint density at radius 1 is 1.26 bits per heavy atom. The molecule has 0 saturated heterocycles. The lowest BCUT2D eigenvalue weighted by atomic mass is 10.0. The average molecular weight is 554 g/mol. The van der Waals surface area contributed by atoms with Crippen LogP contribution in [0.25, 0.3) is 11.5 Å². The maximum atomic E-state index is 13.5. The minimum atomic E-state index is -0.845. The number of nitrogens with zero attached hydrogens (tertiary/aromatic N) is 5. The highest BCUT2D eigenvalue weighted by atomic mass is 35.5. The Morgan fingerprint density at radius 2 is 2.08 bits per heavy atom. The Morgan fingerprint density at radius 3 is 2.79 bits per heavy atom. The predicted octanol–water partition coefficient (Wildman–Crippen LogP) is 3.24. The predicted molar refractivity (Wildman–Crippen MR) is 140 cm³/mol. The summed E-state index contributed by atoms with van der Waals surface area (Å²) in [5.74, 6) is 0.510. The van der Waals surface area contributed by atoms with Gasteiger partial charge in [-0.1, -0.05) is 17.7 Å². The Bertz CT molecular complexity index is 1540. The number of anilines is 2. The van der Waals surface area contributed by atoms with Crippen LogP contribution in [0.4, 0.5) is 16.2 Å². The molecule has 5 rings (SSSR count). The molecule has 0 saturated carbocycles. The van der Waals surface area contributed by atoms with Crippen molar-refractivity contribution in [2.24, 2.45) is 7.05 Å². The summed E-state index contributed by atoms with van der Waals surface area (Å²) in [4.78, 5) is 36.5. The van der Waals surface area contributed by atoms with E-state index >= 15 is 0 Å². The van der Waals surface area contributed by atoms with E-state index in [1.165, 1.54) is 17.0 Å². The number of halogens is 2. The molecule has 0 spiro atoms. The monoisotopic (exact) mass is 553 g/mol. The highest BCUT2D eigenvalue weighted by molar-refractivity contribution is 6.30. The van der Waals surface area contributed by atoms with Crippen LogP contribution < -0.4 is 10.6 Å². The SMILES string of the molecule is C[C@H](C(=O)N[C@H](CO)c1ccc(F)c(Cl)c1)N1CCc2oc(-c3ccnc(Nc4ccnn4C)n3)cc2C1=O. The van der Waals surface area contributed by atoms with E-state index in [1.807, 2.05) is 0 Å². The molecule has 4 aromatic rings. The molecule has 4 heterocycles. The molecule has 0 radical (unpaired) electrons. The van der Waals surface area contributed by atoms with Crippen LogP contribution in [-0.2, 0) is 18.3 Å². The third-order valence-electron chi connectivity index (χ3n) is 6.54. The molecule has 1 aromatic carbocycles. The first-order valence-corrected chi connectivity index (χ1v) is 12.5. The van der Waals surface area contributed by atoms with Crippen LogP contribution in [-0.4, -0.2) is 60.8 Å². The number of aliphatic hydroxyl groups is 1. The second-order valence-corrected chi connectivity index (χ2v) is 9.43. The maximum Gasteiger partial charge on any atom is 0.258 e. The van der Waals surface area contributed by atoms with Gasteiger partial charge < -0.3 is 25.1 Å². The Labute approximate surface area is 227 Å². The number of benzene rings is 1. The molecular weight excluding hydrogens is 529 g/mol. The van der Waals surface area contributed by atoms with Crippen molar-refractivity contribution in [2.45, 2.75) is 25.4 Å². The van der Waals surface area contributed by atoms with Gasteiger partial charge in [0.1, 0.15) is 29.1 Å². The van der Waals surface area contributed by atoms with E-state index in [-0.39, 0.29) is 17.5 Å². The summed E-state index contributed by atoms with van der Waals surface area (Å²) in [7, 11) is 1.79. The van der Waals surface area contributed by atoms with Crippen molar-refractivity contribution in [1.29, 1.82) is 0 Å². The summed E-state index contributed by atoms with van der Waals surface area (Å²) in [6.45, 7) is 1.43. The molecule has 11 nitrogen and oxygen atoms in total. The van der Waals surface area contributed by atoms with Crippen molar-refractivity contribution >= 4 is 35.2 Å². The van der Waals surface area contributed by atoms with Gasteiger partial charge in [0.25, 0.3) is 5.91 Å². The lowest BCUT2D eigenvalue weighted by Crippen LogP contribution is -2.51. The van der Waals surface area contributed by atoms with Gasteiger partial charge in [0, 0.05) is 32.3 Å². The normalized spacial score (nSPS) is 14.6. The number of aliphatic hydroxyl groups excluding tert-OH is 1. The van der Waals surface area contributed by atoms with Gasteiger partial charge in [-0.25, -0.2) is 14.4 Å². The van der Waals surface area contributed by atoms with Crippen LogP contribution in [0.2, 0.25) is 5.02 Å². The van der Waals surface area contributed by atoms with E-state index in [2.05, 4.69) is 25.7 Å². The molecule has 0 aliphatic carbocycles. The summed E-state index contributed by atoms with van der Waals surface area (Å²) in [6, 6.07) is 7.35. The zero-order valence-corrected chi connectivity index (χ0v) is 21.8. The van der Waals surface area contributed by atoms with Gasteiger partial charge in [-0.2, -0.15) is 5.10 Å². The van der Waals surface area contributed by atoms with E-state index in [0.717, 1.165) is 6.07 Å². The molecule has 13 heteroatoms. The number of hydrogen-bond acceptors (Lipinski definition) is 8. The van der Waals surface area contributed by atoms with Crippen molar-refractivity contribution < 1.29 is 23.5 Å². The quantitative estimate of drug-likeness (QED) is 0.302. The minimum Gasteiger partial charge on any atom is -0.459 e. The van der Waals surface area contributed by atoms with Crippen molar-refractivity contribution in [3.8, 4) is 11.5 Å². The number of rotatable bonds is 8. The zero-order chi connectivity index (χ0) is 27.7. The molecule has 0 bridgehead atoms. The van der Waals surface area contributed by atoms with E-state index in [9.17, 15) is 19.1 Å². The lowest BCUT2D eigenvalue weighted by molar-refractivity contribution is -0.126. The number of nitrogens with one attached hydrogen (secondary N) is 2. The van der Waals surface area contributed by atoms with Gasteiger partial charge in [-0.15, -0.1) is 0 Å². The van der Waals surface area contributed by atoms with Crippen LogP contribution >= 0.6 is 11.6 Å². The standard InChI is InChI=1S/C26H25ClFN7O4/c1-14(24(37)31-20(13-36)15-3-4-18(28)17(27)11-15)35-10-7-21-16(25(35)38)12-22(39-21)19-5-8-29-26(32-19)33-23-6-9-30-34(23)2/h3-6,8-9,11-12,14,20,36H,7,10,13H2,1-2H3,(H,31,37)(H,29,32,33)/t14-,20-/m1/s1. The van der Waals surface area contributed by atoms with E-state index < -0.39 is 30.4 Å². The van der Waals surface area contributed by atoms with Crippen LogP contribution in [0.3, 0.4) is 0 Å². The molecule has 0 unspecified atom stereocenters. The smallest absolute Gasteiger partial charge is 0.258 e. The number of carbonyl (C=O) groups excluding carboxylic acids is 2. The van der Waals surface area contributed by atoms with Crippen LogP contribution in [0.5, 0.6) is 0 Å². The number of aryl methyl sites for hydroxylation is 1. The van der Waals surface area contributed by atoms with Crippen LogP contribution in [0.15, 0.2) is 53.2 Å². The second kappa shape index (κ2) is 10.8. The lowest BCUT2D eigenvalue weighted by Gasteiger charge is -2.32. The highest BCUT2D eigenvalue weighted by Gasteiger charge is 2.35. The summed E-state index contributed by atoms with van der Waals surface area (Å²) < 4.78 is 21.1. The van der Waals surface area contributed by atoms with Crippen molar-refractivity contribution in [3.63, 3.8) is 0 Å². The molecule has 2 atom stereocenters. The van der Waals surface area contributed by atoms with Gasteiger partial charge in [0.15, 0.2) is 5.76 Å². The topological polar surface area (TPSA) is 138 Å². The average Bonchev–Trinajstić information content (AvgIpc) is 3.55. The first-order valence-electron chi connectivity index (χ1n) is 12.1. The van der Waals surface area contributed by atoms with Crippen molar-refractivity contribution in [2.75, 3.05) is 18.5 Å². The number of amides is 2. The number of carbonyl (C=O) groups is 2. The molecular formula is C26H25ClFN7O4. The summed E-state index contributed by atoms with van der Waals surface area (Å²) in [5.41, 5.74) is 1.27. The third kappa shape index (κ3) is 5.33. The highest BCUT2D eigenvalue weighted by Crippen LogP contribution is 2.30. The molecule has 0 fully saturated rings. The van der Waals surface area contributed by atoms with Gasteiger partial charge in [-0.05, 0) is 36.8 Å². The fraction of sp³-hybridized carbons (Fsp3) is 0.269. The molecule has 3 aromatic heterocycles. The minimum absolute atomic E-state index is 0.119. The van der Waals surface area contributed by atoms with Gasteiger partial charge in [0.05, 0.1) is 29.4 Å². The Hall–Kier alpha value is -4.29. The van der Waals surface area contributed by atoms with Gasteiger partial charge in [-0.3, -0.25) is 14.3 Å². The van der Waals surface area contributed by atoms with Crippen LogP contribution in [0, 0.1) is 5.82 Å². The summed E-state index contributed by atoms with van der Waals surface area (Å²) >= 11 is 5.85. The number of aromatic nitrogens is 4. The second-order valence-electron chi connectivity index (χ2n) is 9.02. The number of furan rings is 1. The molecule has 39 heavy (non-hydrogen) atoms. The first-order chi connectivity index (χ1) is 18.7. The Balaban J connectivity index is 1.30. The van der Waals surface area contributed by atoms with Crippen LogP contribution in [0.1, 0.15) is 34.6 Å². The largest absolute Gasteiger partial charge is 0.459 e. The Kier molecular flexibility index (Phi) is 7.31. The molecule has 2 amide bonds. The van der Waals surface area contributed by atoms with Crippen molar-refractivity contribution in [1.82, 2.24) is 30.0 Å². The van der Waals surface area contributed by atoms with E-state index in [0.29, 0.717) is 46.5 Å². The maximum absolute atomic E-state index is 13.5. The molecule has 1 aliphatic rings. The van der Waals surface area contributed by atoms with Crippen molar-refractivity contribution in [3.05, 3.63) is 76.5 Å². The molecule has 3 N–H and O–H groups in total.